The number of aryl methyl sites for hydroxylation is 1. The molecule has 4 rings (SSSR count). The first-order valence-electron chi connectivity index (χ1n) is 10.6. The average molecular weight is 408 g/mol. The van der Waals surface area contributed by atoms with Crippen LogP contribution < -0.4 is 10.2 Å². The fourth-order valence-corrected chi connectivity index (χ4v) is 3.93. The number of amides is 1. The second-order valence-corrected chi connectivity index (χ2v) is 7.99. The molecule has 2 heterocycles. The van der Waals surface area contributed by atoms with Crippen molar-refractivity contribution in [3.05, 3.63) is 71.7 Å². The van der Waals surface area contributed by atoms with E-state index in [0.717, 1.165) is 23.4 Å². The summed E-state index contributed by atoms with van der Waals surface area (Å²) in [4.78, 5) is 14.6. The van der Waals surface area contributed by atoms with Crippen molar-refractivity contribution in [3.63, 3.8) is 0 Å². The lowest BCUT2D eigenvalue weighted by Crippen LogP contribution is -3.13. The van der Waals surface area contributed by atoms with E-state index in [4.69, 9.17) is 0 Å². The molecule has 1 amide bonds. The maximum absolute atomic E-state index is 13.3. The molecule has 1 saturated heterocycles. The van der Waals surface area contributed by atoms with Gasteiger partial charge in [-0.15, -0.1) is 0 Å². The van der Waals surface area contributed by atoms with Crippen molar-refractivity contribution in [2.75, 3.05) is 26.2 Å². The molecule has 0 atom stereocenters. The molecule has 1 aliphatic rings. The van der Waals surface area contributed by atoms with Crippen molar-refractivity contribution >= 4 is 5.91 Å². The molecular weight excluding hydrogens is 379 g/mol. The highest BCUT2D eigenvalue weighted by Gasteiger charge is 2.19. The summed E-state index contributed by atoms with van der Waals surface area (Å²) < 4.78 is 15.0. The number of nitrogens with one attached hydrogen (secondary N) is 2. The zero-order valence-electron chi connectivity index (χ0n) is 17.3. The molecule has 0 radical (unpaired) electrons. The minimum Gasteiger partial charge on any atom is -0.345 e. The number of hydrogen-bond donors (Lipinski definition) is 2. The van der Waals surface area contributed by atoms with Crippen LogP contribution in [-0.4, -0.2) is 41.9 Å². The van der Waals surface area contributed by atoms with Gasteiger partial charge >= 0.3 is 0 Å². The summed E-state index contributed by atoms with van der Waals surface area (Å²) >= 11 is 0. The van der Waals surface area contributed by atoms with E-state index in [-0.39, 0.29) is 11.7 Å². The molecule has 0 aliphatic carbocycles. The smallest absolute Gasteiger partial charge is 0.270 e. The van der Waals surface area contributed by atoms with Crippen molar-refractivity contribution in [3.8, 4) is 16.9 Å². The molecular formula is C24H28FN4O+. The lowest BCUT2D eigenvalue weighted by Gasteiger charge is -2.23. The van der Waals surface area contributed by atoms with Crippen molar-refractivity contribution in [2.45, 2.75) is 26.2 Å². The molecule has 1 aromatic heterocycles. The Kier molecular flexibility index (Phi) is 6.23. The first-order valence-corrected chi connectivity index (χ1v) is 10.6. The summed E-state index contributed by atoms with van der Waals surface area (Å²) in [6, 6.07) is 15.8. The van der Waals surface area contributed by atoms with E-state index in [1.807, 2.05) is 31.2 Å². The van der Waals surface area contributed by atoms with Crippen LogP contribution in [0.25, 0.3) is 16.9 Å². The SMILES string of the molecule is Cc1ccc(-n2nc(-c3ccc(F)cc3)cc2C(=O)NCC[NH+]2CCCCC2)cc1. The largest absolute Gasteiger partial charge is 0.345 e. The van der Waals surface area contributed by atoms with Gasteiger partial charge in [0, 0.05) is 5.56 Å². The van der Waals surface area contributed by atoms with E-state index in [1.54, 1.807) is 27.8 Å². The summed E-state index contributed by atoms with van der Waals surface area (Å²) in [6.45, 7) is 5.97. The van der Waals surface area contributed by atoms with Gasteiger partial charge in [-0.2, -0.15) is 5.10 Å². The number of benzene rings is 2. The van der Waals surface area contributed by atoms with Gasteiger partial charge in [-0.05, 0) is 68.7 Å². The molecule has 2 N–H and O–H groups in total. The quantitative estimate of drug-likeness (QED) is 0.660. The standard InChI is InChI=1S/C24H27FN4O/c1-18-5-11-21(12-6-18)29-23(17-22(27-29)19-7-9-20(25)10-8-19)24(30)26-13-16-28-14-3-2-4-15-28/h5-12,17H,2-4,13-16H2,1H3,(H,26,30)/p+1. The van der Waals surface area contributed by atoms with Gasteiger partial charge in [-0.1, -0.05) is 17.7 Å². The fourth-order valence-electron chi connectivity index (χ4n) is 3.93. The highest BCUT2D eigenvalue weighted by atomic mass is 19.1. The number of nitrogens with zero attached hydrogens (tertiary/aromatic N) is 2. The Labute approximate surface area is 176 Å². The van der Waals surface area contributed by atoms with Gasteiger partial charge in [-0.25, -0.2) is 9.07 Å². The third-order valence-corrected chi connectivity index (χ3v) is 5.69. The average Bonchev–Trinajstić information content (AvgIpc) is 3.21. The molecule has 5 nitrogen and oxygen atoms in total. The lowest BCUT2D eigenvalue weighted by atomic mass is 10.1. The molecule has 30 heavy (non-hydrogen) atoms. The second kappa shape index (κ2) is 9.22. The third kappa shape index (κ3) is 4.76. The van der Waals surface area contributed by atoms with E-state index in [1.165, 1.54) is 44.5 Å². The fraction of sp³-hybridized carbons (Fsp3) is 0.333. The van der Waals surface area contributed by atoms with Crippen LogP contribution in [0.2, 0.25) is 0 Å². The number of hydrogen-bond acceptors (Lipinski definition) is 2. The molecule has 0 saturated carbocycles. The zero-order chi connectivity index (χ0) is 20.9. The van der Waals surface area contributed by atoms with Gasteiger partial charge in [0.05, 0.1) is 37.6 Å². The Morgan fingerprint density at radius 3 is 2.47 bits per heavy atom. The molecule has 1 aliphatic heterocycles. The van der Waals surface area contributed by atoms with E-state index in [2.05, 4.69) is 10.4 Å². The Morgan fingerprint density at radius 1 is 1.07 bits per heavy atom. The highest BCUT2D eigenvalue weighted by Crippen LogP contribution is 2.22. The Morgan fingerprint density at radius 2 is 1.77 bits per heavy atom. The maximum Gasteiger partial charge on any atom is 0.270 e. The predicted octanol–water partition coefficient (Wildman–Crippen LogP) is 2.79. The van der Waals surface area contributed by atoms with E-state index in [9.17, 15) is 9.18 Å². The first kappa shape index (κ1) is 20.3. The normalized spacial score (nSPS) is 14.6. The number of piperidine rings is 1. The zero-order valence-corrected chi connectivity index (χ0v) is 17.3. The number of halogens is 1. The van der Waals surface area contributed by atoms with Crippen LogP contribution in [-0.2, 0) is 0 Å². The van der Waals surface area contributed by atoms with Gasteiger partial charge < -0.3 is 10.2 Å². The monoisotopic (exact) mass is 407 g/mol. The predicted molar refractivity (Wildman–Crippen MR) is 115 cm³/mol. The third-order valence-electron chi connectivity index (χ3n) is 5.69. The van der Waals surface area contributed by atoms with Gasteiger partial charge in [0.2, 0.25) is 0 Å². The topological polar surface area (TPSA) is 51.4 Å². The Hall–Kier alpha value is -2.99. The van der Waals surface area contributed by atoms with Gasteiger partial charge in [0.15, 0.2) is 0 Å². The van der Waals surface area contributed by atoms with Crippen LogP contribution in [0.5, 0.6) is 0 Å². The molecule has 1 fully saturated rings. The molecule has 6 heteroatoms. The minimum absolute atomic E-state index is 0.146. The van der Waals surface area contributed by atoms with E-state index in [0.29, 0.717) is 17.9 Å². The maximum atomic E-state index is 13.3. The van der Waals surface area contributed by atoms with Crippen molar-refractivity contribution in [1.29, 1.82) is 0 Å². The first-order chi connectivity index (χ1) is 14.6. The second-order valence-electron chi connectivity index (χ2n) is 7.99. The summed E-state index contributed by atoms with van der Waals surface area (Å²) in [5, 5.41) is 7.72. The molecule has 156 valence electrons. The van der Waals surface area contributed by atoms with Crippen LogP contribution in [0.3, 0.4) is 0 Å². The number of carbonyl (C=O) groups is 1. The van der Waals surface area contributed by atoms with E-state index < -0.39 is 0 Å². The van der Waals surface area contributed by atoms with E-state index >= 15 is 0 Å². The molecule has 0 unspecified atom stereocenters. The highest BCUT2D eigenvalue weighted by molar-refractivity contribution is 5.94. The van der Waals surface area contributed by atoms with Crippen LogP contribution in [0.15, 0.2) is 54.6 Å². The Bertz CT molecular complexity index is 989. The van der Waals surface area contributed by atoms with Gasteiger partial charge in [0.25, 0.3) is 5.91 Å². The number of likely N-dealkylation sites (tertiary alicyclic amines) is 1. The van der Waals surface area contributed by atoms with Gasteiger partial charge in [-0.3, -0.25) is 4.79 Å². The van der Waals surface area contributed by atoms with Gasteiger partial charge in [0.1, 0.15) is 11.5 Å². The summed E-state index contributed by atoms with van der Waals surface area (Å²) in [5.41, 5.74) is 3.85. The number of rotatable bonds is 6. The van der Waals surface area contributed by atoms with Crippen molar-refractivity contribution in [1.82, 2.24) is 15.1 Å². The van der Waals surface area contributed by atoms with Crippen molar-refractivity contribution < 1.29 is 14.1 Å². The number of quaternary nitrogens is 1. The lowest BCUT2D eigenvalue weighted by molar-refractivity contribution is -0.903. The minimum atomic E-state index is -0.296. The summed E-state index contributed by atoms with van der Waals surface area (Å²) in [6.07, 6.45) is 3.85. The summed E-state index contributed by atoms with van der Waals surface area (Å²) in [7, 11) is 0. The molecule has 0 bridgehead atoms. The van der Waals surface area contributed by atoms with Crippen LogP contribution in [0.4, 0.5) is 4.39 Å². The Balaban J connectivity index is 1.56. The molecule has 2 aromatic carbocycles. The molecule has 3 aromatic rings. The number of carbonyl (C=O) groups excluding carboxylic acids is 1. The summed E-state index contributed by atoms with van der Waals surface area (Å²) in [5.74, 6) is -0.442. The van der Waals surface area contributed by atoms with Crippen molar-refractivity contribution in [2.24, 2.45) is 0 Å². The number of aromatic nitrogens is 2. The van der Waals surface area contributed by atoms with Crippen LogP contribution in [0.1, 0.15) is 35.3 Å². The molecule has 0 spiro atoms. The van der Waals surface area contributed by atoms with Crippen LogP contribution in [0, 0.1) is 12.7 Å². The van der Waals surface area contributed by atoms with Crippen LogP contribution >= 0.6 is 0 Å².